The predicted molar refractivity (Wildman–Crippen MR) is 79.1 cm³/mol. The first kappa shape index (κ1) is 14.8. The molecular formula is C15H23N3O2. The summed E-state index contributed by atoms with van der Waals surface area (Å²) in [5.74, 6) is 1.15. The van der Waals surface area contributed by atoms with E-state index in [9.17, 15) is 5.11 Å². The molecule has 2 unspecified atom stereocenters. The topological polar surface area (TPSA) is 82.6 Å². The van der Waals surface area contributed by atoms with Gasteiger partial charge in [-0.3, -0.25) is 10.3 Å². The molecule has 1 aliphatic rings. The first-order valence-corrected chi connectivity index (χ1v) is 6.93. The van der Waals surface area contributed by atoms with Gasteiger partial charge in [-0.15, -0.1) is 0 Å². The highest BCUT2D eigenvalue weighted by atomic mass is 16.5. The third-order valence-corrected chi connectivity index (χ3v) is 4.12. The van der Waals surface area contributed by atoms with E-state index in [0.717, 1.165) is 25.1 Å². The van der Waals surface area contributed by atoms with Gasteiger partial charge in [0.15, 0.2) is 0 Å². The number of hydrogen-bond donors (Lipinski definition) is 3. The molecule has 2 rings (SSSR count). The smallest absolute Gasteiger partial charge is 0.129 e. The van der Waals surface area contributed by atoms with Crippen LogP contribution in [0.2, 0.25) is 0 Å². The molecule has 0 spiro atoms. The van der Waals surface area contributed by atoms with Crippen LogP contribution in [0.15, 0.2) is 18.2 Å². The standard InChI is InChI=1S/C15H23N3O2/c1-10-5-6-18(13(10)9-19)8-11-3-4-14(20-2)12(7-11)15(16)17/h3-4,7,10,13,19H,5-6,8-9H2,1-2H3,(H3,16,17). The van der Waals surface area contributed by atoms with E-state index in [1.54, 1.807) is 7.11 Å². The van der Waals surface area contributed by atoms with Crippen molar-refractivity contribution in [3.63, 3.8) is 0 Å². The molecule has 0 aromatic heterocycles. The molecule has 0 amide bonds. The van der Waals surface area contributed by atoms with Gasteiger partial charge >= 0.3 is 0 Å². The number of hydrogen-bond acceptors (Lipinski definition) is 4. The molecule has 4 N–H and O–H groups in total. The molecule has 0 radical (unpaired) electrons. The maximum atomic E-state index is 9.49. The predicted octanol–water partition coefficient (Wildman–Crippen LogP) is 1.18. The molecule has 2 atom stereocenters. The number of likely N-dealkylation sites (tertiary alicyclic amines) is 1. The number of nitrogen functional groups attached to an aromatic ring is 1. The SMILES string of the molecule is COc1ccc(CN2CCC(C)C2CO)cc1C(=N)N. The van der Waals surface area contributed by atoms with E-state index in [4.69, 9.17) is 15.9 Å². The van der Waals surface area contributed by atoms with Crippen LogP contribution in [0.4, 0.5) is 0 Å². The number of rotatable bonds is 5. The van der Waals surface area contributed by atoms with E-state index in [-0.39, 0.29) is 18.5 Å². The summed E-state index contributed by atoms with van der Waals surface area (Å²) in [4.78, 5) is 2.29. The molecule has 1 fully saturated rings. The van der Waals surface area contributed by atoms with Crippen molar-refractivity contribution >= 4 is 5.84 Å². The highest BCUT2D eigenvalue weighted by molar-refractivity contribution is 5.97. The van der Waals surface area contributed by atoms with Gasteiger partial charge in [0.1, 0.15) is 11.6 Å². The number of aliphatic hydroxyl groups is 1. The zero-order chi connectivity index (χ0) is 14.7. The van der Waals surface area contributed by atoms with Gasteiger partial charge in [0.2, 0.25) is 0 Å². The summed E-state index contributed by atoms with van der Waals surface area (Å²) >= 11 is 0. The maximum Gasteiger partial charge on any atom is 0.129 e. The average Bonchev–Trinajstić information content (AvgIpc) is 2.78. The van der Waals surface area contributed by atoms with Crippen LogP contribution in [0.5, 0.6) is 5.75 Å². The minimum absolute atomic E-state index is 0.0113. The molecule has 0 bridgehead atoms. The van der Waals surface area contributed by atoms with Gasteiger partial charge in [-0.1, -0.05) is 13.0 Å². The van der Waals surface area contributed by atoms with Crippen LogP contribution < -0.4 is 10.5 Å². The Morgan fingerprint density at radius 1 is 1.55 bits per heavy atom. The maximum absolute atomic E-state index is 9.49. The number of amidine groups is 1. The lowest BCUT2D eigenvalue weighted by Crippen LogP contribution is -2.34. The molecule has 1 saturated heterocycles. The molecule has 1 aromatic rings. The summed E-state index contributed by atoms with van der Waals surface area (Å²) in [6.07, 6.45) is 1.11. The molecule has 0 saturated carbocycles. The fourth-order valence-corrected chi connectivity index (χ4v) is 2.88. The van der Waals surface area contributed by atoms with Crippen molar-refractivity contribution in [2.75, 3.05) is 20.3 Å². The summed E-state index contributed by atoms with van der Waals surface area (Å²) < 4.78 is 5.22. The van der Waals surface area contributed by atoms with Crippen LogP contribution in [-0.2, 0) is 6.54 Å². The van der Waals surface area contributed by atoms with Gasteiger partial charge in [-0.25, -0.2) is 0 Å². The van der Waals surface area contributed by atoms with E-state index in [2.05, 4.69) is 11.8 Å². The molecule has 5 nitrogen and oxygen atoms in total. The fraction of sp³-hybridized carbons (Fsp3) is 0.533. The zero-order valence-corrected chi connectivity index (χ0v) is 12.1. The van der Waals surface area contributed by atoms with Crippen LogP contribution in [0.3, 0.4) is 0 Å². The number of methoxy groups -OCH3 is 1. The lowest BCUT2D eigenvalue weighted by atomic mass is 10.0. The number of nitrogens with one attached hydrogen (secondary N) is 1. The third-order valence-electron chi connectivity index (χ3n) is 4.12. The van der Waals surface area contributed by atoms with Crippen LogP contribution in [0, 0.1) is 11.3 Å². The van der Waals surface area contributed by atoms with E-state index < -0.39 is 0 Å². The minimum atomic E-state index is 0.0113. The Morgan fingerprint density at radius 3 is 2.90 bits per heavy atom. The van der Waals surface area contributed by atoms with Crippen LogP contribution in [0.25, 0.3) is 0 Å². The van der Waals surface area contributed by atoms with Gasteiger partial charge in [0, 0.05) is 12.6 Å². The Labute approximate surface area is 119 Å². The van der Waals surface area contributed by atoms with E-state index in [1.807, 2.05) is 18.2 Å². The molecule has 5 heteroatoms. The lowest BCUT2D eigenvalue weighted by Gasteiger charge is -2.25. The van der Waals surface area contributed by atoms with Crippen molar-refractivity contribution in [3.05, 3.63) is 29.3 Å². The normalized spacial score (nSPS) is 22.9. The van der Waals surface area contributed by atoms with Crippen LogP contribution in [-0.4, -0.2) is 42.1 Å². The Hall–Kier alpha value is -1.59. The van der Waals surface area contributed by atoms with E-state index in [0.29, 0.717) is 17.2 Å². The first-order chi connectivity index (χ1) is 9.56. The largest absolute Gasteiger partial charge is 0.496 e. The number of benzene rings is 1. The van der Waals surface area contributed by atoms with Crippen molar-refractivity contribution in [1.82, 2.24) is 4.90 Å². The summed E-state index contributed by atoms with van der Waals surface area (Å²) in [5, 5.41) is 17.1. The average molecular weight is 277 g/mol. The van der Waals surface area contributed by atoms with Crippen molar-refractivity contribution < 1.29 is 9.84 Å². The lowest BCUT2D eigenvalue weighted by molar-refractivity contribution is 0.134. The van der Waals surface area contributed by atoms with Gasteiger partial charge in [0.25, 0.3) is 0 Å². The fourth-order valence-electron chi connectivity index (χ4n) is 2.88. The first-order valence-electron chi connectivity index (χ1n) is 6.93. The minimum Gasteiger partial charge on any atom is -0.496 e. The van der Waals surface area contributed by atoms with E-state index >= 15 is 0 Å². The van der Waals surface area contributed by atoms with Gasteiger partial charge in [0.05, 0.1) is 19.3 Å². The molecule has 20 heavy (non-hydrogen) atoms. The van der Waals surface area contributed by atoms with Crippen molar-refractivity contribution in [1.29, 1.82) is 5.41 Å². The molecule has 1 heterocycles. The summed E-state index contributed by atoms with van der Waals surface area (Å²) in [5.41, 5.74) is 7.30. The van der Waals surface area contributed by atoms with Crippen LogP contribution in [0.1, 0.15) is 24.5 Å². The second-order valence-corrected chi connectivity index (χ2v) is 5.43. The Morgan fingerprint density at radius 2 is 2.30 bits per heavy atom. The second-order valence-electron chi connectivity index (χ2n) is 5.43. The second kappa shape index (κ2) is 6.24. The Kier molecular flexibility index (Phi) is 4.62. The van der Waals surface area contributed by atoms with Crippen molar-refractivity contribution in [3.8, 4) is 5.75 Å². The highest BCUT2D eigenvalue weighted by Crippen LogP contribution is 2.27. The van der Waals surface area contributed by atoms with Crippen molar-refractivity contribution in [2.24, 2.45) is 11.7 Å². The molecule has 1 aromatic carbocycles. The van der Waals surface area contributed by atoms with Crippen molar-refractivity contribution in [2.45, 2.75) is 25.9 Å². The molecular weight excluding hydrogens is 254 g/mol. The van der Waals surface area contributed by atoms with E-state index in [1.165, 1.54) is 0 Å². The monoisotopic (exact) mass is 277 g/mol. The summed E-state index contributed by atoms with van der Waals surface area (Å²) in [7, 11) is 1.57. The quantitative estimate of drug-likeness (QED) is 0.557. The number of ether oxygens (including phenoxy) is 1. The number of aliphatic hydroxyl groups excluding tert-OH is 1. The van der Waals surface area contributed by atoms with Gasteiger partial charge in [-0.2, -0.15) is 0 Å². The summed E-state index contributed by atoms with van der Waals surface area (Å²) in [6.45, 7) is 4.13. The van der Waals surface area contributed by atoms with Crippen LogP contribution >= 0.6 is 0 Å². The Balaban J connectivity index is 2.18. The molecule has 0 aliphatic carbocycles. The number of nitrogens with zero attached hydrogens (tertiary/aromatic N) is 1. The highest BCUT2D eigenvalue weighted by Gasteiger charge is 2.30. The molecule has 1 aliphatic heterocycles. The molecule has 110 valence electrons. The summed E-state index contributed by atoms with van der Waals surface area (Å²) in [6, 6.07) is 5.96. The Bertz CT molecular complexity index is 490. The van der Waals surface area contributed by atoms with Gasteiger partial charge in [-0.05, 0) is 36.6 Å². The zero-order valence-electron chi connectivity index (χ0n) is 12.1. The third kappa shape index (κ3) is 2.94. The van der Waals surface area contributed by atoms with Gasteiger partial charge < -0.3 is 15.6 Å². The number of nitrogens with two attached hydrogens (primary N) is 1.